The molecule has 0 N–H and O–H groups in total. The van der Waals surface area contributed by atoms with Crippen LogP contribution in [-0.2, 0) is 11.1 Å². The van der Waals surface area contributed by atoms with Crippen LogP contribution >= 0.6 is 0 Å². The zero-order chi connectivity index (χ0) is 6.69. The van der Waals surface area contributed by atoms with Crippen molar-refractivity contribution in [1.29, 1.82) is 0 Å². The van der Waals surface area contributed by atoms with Crippen LogP contribution in [0.5, 0.6) is 0 Å². The molecule has 0 aromatic carbocycles. The molecule has 0 amide bonds. The summed E-state index contributed by atoms with van der Waals surface area (Å²) in [6.07, 6.45) is 4.68. The van der Waals surface area contributed by atoms with E-state index in [0.29, 0.717) is 5.75 Å². The summed E-state index contributed by atoms with van der Waals surface area (Å²) in [4.78, 5) is 0. The summed E-state index contributed by atoms with van der Waals surface area (Å²) in [5.41, 5.74) is 0. The molecule has 2 nitrogen and oxygen atoms in total. The first-order valence-electron chi connectivity index (χ1n) is 3.35. The summed E-state index contributed by atoms with van der Waals surface area (Å²) in [5, 5.41) is 0. The molecule has 1 rings (SSSR count). The first-order valence-corrected chi connectivity index (χ1v) is 4.59. The summed E-state index contributed by atoms with van der Waals surface area (Å²) >= 11 is -1.80. The van der Waals surface area contributed by atoms with E-state index in [0.717, 1.165) is 12.3 Å². The van der Waals surface area contributed by atoms with Gasteiger partial charge in [0.25, 0.3) is 0 Å². The van der Waals surface area contributed by atoms with Crippen LogP contribution in [0.4, 0.5) is 0 Å². The summed E-state index contributed by atoms with van der Waals surface area (Å²) in [6.45, 7) is 0. The standard InChI is InChI=1S/C6H12O2S.Na/c7-9(8)5-4-6-2-1-3-6;/h6H,1-5H2,(H,7,8);/q;+1/p-1. The van der Waals surface area contributed by atoms with E-state index in [2.05, 4.69) is 0 Å². The van der Waals surface area contributed by atoms with Gasteiger partial charge in [0.1, 0.15) is 0 Å². The van der Waals surface area contributed by atoms with Crippen molar-refractivity contribution in [3.8, 4) is 0 Å². The van der Waals surface area contributed by atoms with E-state index in [1.807, 2.05) is 0 Å². The number of hydrogen-bond donors (Lipinski definition) is 0. The average Bonchev–Trinajstić information content (AvgIpc) is 1.60. The van der Waals surface area contributed by atoms with E-state index in [9.17, 15) is 8.76 Å². The minimum atomic E-state index is -1.80. The molecule has 0 spiro atoms. The van der Waals surface area contributed by atoms with Gasteiger partial charge in [0.15, 0.2) is 0 Å². The van der Waals surface area contributed by atoms with Gasteiger partial charge in [0, 0.05) is 5.75 Å². The Morgan fingerprint density at radius 3 is 2.40 bits per heavy atom. The molecule has 0 aromatic heterocycles. The van der Waals surface area contributed by atoms with Crippen molar-refractivity contribution in [2.24, 2.45) is 5.92 Å². The Labute approximate surface area is 86.3 Å². The molecule has 1 unspecified atom stereocenters. The van der Waals surface area contributed by atoms with Gasteiger partial charge in [-0.2, -0.15) is 0 Å². The second-order valence-electron chi connectivity index (χ2n) is 2.59. The third kappa shape index (κ3) is 4.09. The molecular formula is C6H11NaO2S. The van der Waals surface area contributed by atoms with Crippen LogP contribution in [0.1, 0.15) is 25.7 Å². The molecule has 1 saturated carbocycles. The normalized spacial score (nSPS) is 20.9. The average molecular weight is 170 g/mol. The fourth-order valence-electron chi connectivity index (χ4n) is 1.04. The summed E-state index contributed by atoms with van der Waals surface area (Å²) < 4.78 is 20.1. The Morgan fingerprint density at radius 2 is 2.10 bits per heavy atom. The largest absolute Gasteiger partial charge is 1.00 e. The van der Waals surface area contributed by atoms with Crippen LogP contribution in [0.2, 0.25) is 0 Å². The van der Waals surface area contributed by atoms with Crippen molar-refractivity contribution >= 4 is 11.1 Å². The van der Waals surface area contributed by atoms with Crippen molar-refractivity contribution in [3.63, 3.8) is 0 Å². The van der Waals surface area contributed by atoms with Crippen LogP contribution in [-0.4, -0.2) is 14.5 Å². The van der Waals surface area contributed by atoms with Gasteiger partial charge in [0.05, 0.1) is 0 Å². The molecule has 0 aliphatic heterocycles. The molecule has 1 fully saturated rings. The molecule has 0 saturated heterocycles. The molecule has 0 radical (unpaired) electrons. The molecule has 4 heteroatoms. The molecule has 1 atom stereocenters. The third-order valence-electron chi connectivity index (χ3n) is 1.92. The van der Waals surface area contributed by atoms with Crippen molar-refractivity contribution in [2.75, 3.05) is 5.75 Å². The third-order valence-corrected chi connectivity index (χ3v) is 2.49. The maximum Gasteiger partial charge on any atom is 1.00 e. The fraction of sp³-hybridized carbons (Fsp3) is 1.00. The van der Waals surface area contributed by atoms with E-state index < -0.39 is 11.1 Å². The van der Waals surface area contributed by atoms with Crippen molar-refractivity contribution in [1.82, 2.24) is 0 Å². The van der Waals surface area contributed by atoms with Crippen molar-refractivity contribution in [2.45, 2.75) is 25.7 Å². The van der Waals surface area contributed by atoms with Gasteiger partial charge in [-0.15, -0.1) is 0 Å². The van der Waals surface area contributed by atoms with Gasteiger partial charge in [-0.1, -0.05) is 30.3 Å². The van der Waals surface area contributed by atoms with Crippen molar-refractivity contribution < 1.29 is 38.3 Å². The SMILES string of the molecule is O=S([O-])CCC1CCC1.[Na+]. The maximum absolute atomic E-state index is 10.0. The molecule has 0 aromatic rings. The summed E-state index contributed by atoms with van der Waals surface area (Å²) in [6, 6.07) is 0. The molecular weight excluding hydrogens is 159 g/mol. The van der Waals surface area contributed by atoms with Crippen LogP contribution in [0, 0.1) is 5.92 Å². The van der Waals surface area contributed by atoms with Gasteiger partial charge in [0.2, 0.25) is 0 Å². The predicted octanol–water partition coefficient (Wildman–Crippen LogP) is -1.94. The van der Waals surface area contributed by atoms with E-state index >= 15 is 0 Å². The molecule has 1 aliphatic carbocycles. The molecule has 10 heavy (non-hydrogen) atoms. The Balaban J connectivity index is 0.000000810. The molecule has 0 bridgehead atoms. The van der Waals surface area contributed by atoms with Crippen LogP contribution in [0.3, 0.4) is 0 Å². The van der Waals surface area contributed by atoms with Gasteiger partial charge < -0.3 is 4.55 Å². The van der Waals surface area contributed by atoms with Crippen LogP contribution in [0.25, 0.3) is 0 Å². The van der Waals surface area contributed by atoms with Crippen LogP contribution < -0.4 is 29.6 Å². The van der Waals surface area contributed by atoms with E-state index in [1.165, 1.54) is 19.3 Å². The fourth-order valence-corrected chi connectivity index (χ4v) is 1.57. The Hall–Kier alpha value is 1.11. The summed E-state index contributed by atoms with van der Waals surface area (Å²) in [7, 11) is 0. The molecule has 1 aliphatic rings. The first kappa shape index (κ1) is 11.1. The van der Waals surface area contributed by atoms with E-state index in [4.69, 9.17) is 0 Å². The van der Waals surface area contributed by atoms with Gasteiger partial charge in [-0.25, -0.2) is 0 Å². The smallest absolute Gasteiger partial charge is 0.772 e. The van der Waals surface area contributed by atoms with Gasteiger partial charge >= 0.3 is 29.6 Å². The van der Waals surface area contributed by atoms with Crippen molar-refractivity contribution in [3.05, 3.63) is 0 Å². The Kier molecular flexibility index (Phi) is 6.36. The van der Waals surface area contributed by atoms with E-state index in [1.54, 1.807) is 0 Å². The zero-order valence-corrected chi connectivity index (χ0v) is 9.15. The van der Waals surface area contributed by atoms with Gasteiger partial charge in [-0.05, 0) is 12.3 Å². The maximum atomic E-state index is 10.0. The van der Waals surface area contributed by atoms with Gasteiger partial charge in [-0.3, -0.25) is 4.21 Å². The zero-order valence-electron chi connectivity index (χ0n) is 6.34. The molecule has 54 valence electrons. The monoisotopic (exact) mass is 170 g/mol. The summed E-state index contributed by atoms with van der Waals surface area (Å²) in [5.74, 6) is 1.09. The predicted molar refractivity (Wildman–Crippen MR) is 35.7 cm³/mol. The number of rotatable bonds is 3. The minimum absolute atomic E-state index is 0. The Bertz CT molecular complexity index is 114. The quantitative estimate of drug-likeness (QED) is 0.365. The van der Waals surface area contributed by atoms with E-state index in [-0.39, 0.29) is 29.6 Å². The Morgan fingerprint density at radius 1 is 1.50 bits per heavy atom. The second-order valence-corrected chi connectivity index (χ2v) is 3.61. The first-order chi connectivity index (χ1) is 4.29. The topological polar surface area (TPSA) is 40.1 Å². The number of hydrogen-bond acceptors (Lipinski definition) is 2. The minimum Gasteiger partial charge on any atom is -0.772 e. The van der Waals surface area contributed by atoms with Crippen LogP contribution in [0.15, 0.2) is 0 Å². The molecule has 0 heterocycles. The second kappa shape index (κ2) is 5.72.